The Hall–Kier alpha value is -4.48. The topological polar surface area (TPSA) is 103 Å². The Morgan fingerprint density at radius 2 is 1.63 bits per heavy atom. The second-order valence-corrected chi connectivity index (χ2v) is 8.70. The van der Waals surface area contributed by atoms with Gasteiger partial charge in [-0.1, -0.05) is 76.6 Å². The lowest BCUT2D eigenvalue weighted by Crippen LogP contribution is -2.37. The minimum absolute atomic E-state index is 0.0239. The molecule has 0 aliphatic carbocycles. The predicted molar refractivity (Wildman–Crippen MR) is 134 cm³/mol. The van der Waals surface area contributed by atoms with E-state index in [1.165, 1.54) is 0 Å². The number of fused-ring (bicyclic) bond motifs is 1. The Morgan fingerprint density at radius 1 is 0.971 bits per heavy atom. The Kier molecular flexibility index (Phi) is 5.77. The molecule has 2 heterocycles. The SMILES string of the molecule is N#Cc1c(NC(=O)CN2C(=O)C(=O)c3cc(Br)ccc32)oc(-c2ccccc2)c1-c1ccccc1. The molecule has 2 amide bonds. The minimum Gasteiger partial charge on any atom is -0.438 e. The van der Waals surface area contributed by atoms with Crippen molar-refractivity contribution in [3.63, 3.8) is 0 Å². The molecule has 170 valence electrons. The van der Waals surface area contributed by atoms with Crippen LogP contribution in [0.2, 0.25) is 0 Å². The van der Waals surface area contributed by atoms with Gasteiger partial charge in [0.15, 0.2) is 0 Å². The number of nitriles is 1. The van der Waals surface area contributed by atoms with Crippen molar-refractivity contribution in [1.82, 2.24) is 0 Å². The van der Waals surface area contributed by atoms with Crippen LogP contribution in [0.3, 0.4) is 0 Å². The average molecular weight is 526 g/mol. The number of carbonyl (C=O) groups excluding carboxylic acids is 3. The van der Waals surface area contributed by atoms with Crippen molar-refractivity contribution in [1.29, 1.82) is 5.26 Å². The monoisotopic (exact) mass is 525 g/mol. The molecular formula is C27H16BrN3O4. The molecule has 0 radical (unpaired) electrons. The number of rotatable bonds is 5. The molecule has 0 saturated carbocycles. The highest BCUT2D eigenvalue weighted by molar-refractivity contribution is 9.10. The first kappa shape index (κ1) is 22.3. The quantitative estimate of drug-likeness (QED) is 0.350. The molecule has 35 heavy (non-hydrogen) atoms. The van der Waals surface area contributed by atoms with Crippen LogP contribution in [0.1, 0.15) is 15.9 Å². The summed E-state index contributed by atoms with van der Waals surface area (Å²) in [6.07, 6.45) is 0. The van der Waals surface area contributed by atoms with Gasteiger partial charge in [-0.05, 0) is 23.8 Å². The number of hydrogen-bond acceptors (Lipinski definition) is 5. The molecule has 5 rings (SSSR count). The number of nitrogens with zero attached hydrogens (tertiary/aromatic N) is 2. The Labute approximate surface area is 208 Å². The van der Waals surface area contributed by atoms with Gasteiger partial charge in [0.05, 0.1) is 11.3 Å². The zero-order valence-electron chi connectivity index (χ0n) is 18.1. The molecule has 0 spiro atoms. The highest BCUT2D eigenvalue weighted by Crippen LogP contribution is 2.41. The van der Waals surface area contributed by atoms with Gasteiger partial charge in [0, 0.05) is 15.6 Å². The van der Waals surface area contributed by atoms with Gasteiger partial charge in [-0.2, -0.15) is 5.26 Å². The van der Waals surface area contributed by atoms with Gasteiger partial charge in [0.2, 0.25) is 11.8 Å². The van der Waals surface area contributed by atoms with Crippen LogP contribution in [0.5, 0.6) is 0 Å². The van der Waals surface area contributed by atoms with E-state index in [1.807, 2.05) is 60.7 Å². The van der Waals surface area contributed by atoms with E-state index in [1.54, 1.807) is 18.2 Å². The van der Waals surface area contributed by atoms with Gasteiger partial charge >= 0.3 is 0 Å². The smallest absolute Gasteiger partial charge is 0.299 e. The highest BCUT2D eigenvalue weighted by atomic mass is 79.9. The van der Waals surface area contributed by atoms with E-state index in [-0.39, 0.29) is 17.0 Å². The number of hydrogen-bond donors (Lipinski definition) is 1. The molecule has 8 heteroatoms. The second-order valence-electron chi connectivity index (χ2n) is 7.78. The van der Waals surface area contributed by atoms with Crippen molar-refractivity contribution in [2.75, 3.05) is 16.8 Å². The summed E-state index contributed by atoms with van der Waals surface area (Å²) in [5.41, 5.74) is 2.79. The Balaban J connectivity index is 1.50. The molecule has 4 aromatic rings. The van der Waals surface area contributed by atoms with Gasteiger partial charge in [0.1, 0.15) is 23.9 Å². The molecule has 7 nitrogen and oxygen atoms in total. The van der Waals surface area contributed by atoms with E-state index in [0.717, 1.165) is 16.0 Å². The zero-order valence-corrected chi connectivity index (χ0v) is 19.7. The molecule has 0 saturated heterocycles. The molecule has 1 aliphatic rings. The number of furan rings is 1. The molecule has 1 N–H and O–H groups in total. The summed E-state index contributed by atoms with van der Waals surface area (Å²) < 4.78 is 6.67. The number of amides is 2. The first-order chi connectivity index (χ1) is 17.0. The number of ketones is 1. The van der Waals surface area contributed by atoms with Crippen molar-refractivity contribution in [2.45, 2.75) is 0 Å². The van der Waals surface area contributed by atoms with E-state index in [2.05, 4.69) is 27.3 Å². The largest absolute Gasteiger partial charge is 0.438 e. The maximum absolute atomic E-state index is 13.0. The van der Waals surface area contributed by atoms with E-state index in [0.29, 0.717) is 21.5 Å². The lowest BCUT2D eigenvalue weighted by molar-refractivity contribution is -0.118. The van der Waals surface area contributed by atoms with Crippen LogP contribution in [0.4, 0.5) is 11.6 Å². The van der Waals surface area contributed by atoms with E-state index in [4.69, 9.17) is 4.42 Å². The van der Waals surface area contributed by atoms with E-state index in [9.17, 15) is 19.6 Å². The van der Waals surface area contributed by atoms with Crippen LogP contribution in [0.25, 0.3) is 22.5 Å². The lowest BCUT2D eigenvalue weighted by Gasteiger charge is -2.15. The molecular weight excluding hydrogens is 510 g/mol. The van der Waals surface area contributed by atoms with Gasteiger partial charge in [-0.15, -0.1) is 0 Å². The number of Topliss-reactive ketones (excluding diaryl/α,β-unsaturated/α-hetero) is 1. The van der Waals surface area contributed by atoms with Crippen molar-refractivity contribution in [3.8, 4) is 28.5 Å². The normalized spacial score (nSPS) is 12.4. The molecule has 0 fully saturated rings. The fourth-order valence-electron chi connectivity index (χ4n) is 4.04. The van der Waals surface area contributed by atoms with Crippen molar-refractivity contribution < 1.29 is 18.8 Å². The summed E-state index contributed by atoms with van der Waals surface area (Å²) in [5.74, 6) is -1.66. The Bertz CT molecular complexity index is 1520. The van der Waals surface area contributed by atoms with Gasteiger partial charge in [0.25, 0.3) is 11.7 Å². The first-order valence-electron chi connectivity index (χ1n) is 10.6. The third-order valence-corrected chi connectivity index (χ3v) is 6.10. The predicted octanol–water partition coefficient (Wildman–Crippen LogP) is 5.42. The van der Waals surface area contributed by atoms with Gasteiger partial charge < -0.3 is 4.42 Å². The van der Waals surface area contributed by atoms with Crippen LogP contribution in [-0.4, -0.2) is 24.1 Å². The second kappa shape index (κ2) is 9.05. The van der Waals surface area contributed by atoms with E-state index >= 15 is 0 Å². The minimum atomic E-state index is -0.789. The highest BCUT2D eigenvalue weighted by Gasteiger charge is 2.37. The van der Waals surface area contributed by atoms with Crippen molar-refractivity contribution in [2.24, 2.45) is 0 Å². The van der Waals surface area contributed by atoms with Crippen LogP contribution in [0.15, 0.2) is 87.8 Å². The van der Waals surface area contributed by atoms with Crippen LogP contribution in [0, 0.1) is 11.3 Å². The number of benzene rings is 3. The zero-order chi connectivity index (χ0) is 24.5. The third-order valence-electron chi connectivity index (χ3n) is 5.61. The summed E-state index contributed by atoms with van der Waals surface area (Å²) in [5, 5.41) is 12.6. The van der Waals surface area contributed by atoms with Gasteiger partial charge in [-0.3, -0.25) is 24.6 Å². The molecule has 0 bridgehead atoms. The molecule has 3 aromatic carbocycles. The molecule has 1 aliphatic heterocycles. The molecule has 0 atom stereocenters. The van der Waals surface area contributed by atoms with Crippen molar-refractivity contribution >= 4 is 45.1 Å². The fourth-order valence-corrected chi connectivity index (χ4v) is 4.40. The van der Waals surface area contributed by atoms with Crippen LogP contribution in [-0.2, 0) is 9.59 Å². The standard InChI is InChI=1S/C27H16BrN3O4/c28-18-11-12-21-19(13-18)24(33)27(34)31(21)15-22(32)30-26-20(14-29)23(16-7-3-1-4-8-16)25(35-26)17-9-5-2-6-10-17/h1-13H,15H2,(H,30,32). The summed E-state index contributed by atoms with van der Waals surface area (Å²) in [7, 11) is 0. The summed E-state index contributed by atoms with van der Waals surface area (Å²) in [6, 6.07) is 25.5. The lowest BCUT2D eigenvalue weighted by atomic mass is 9.98. The number of carbonyl (C=O) groups is 3. The molecule has 0 unspecified atom stereocenters. The van der Waals surface area contributed by atoms with Crippen molar-refractivity contribution in [3.05, 3.63) is 94.5 Å². The number of halogens is 1. The van der Waals surface area contributed by atoms with Crippen LogP contribution >= 0.6 is 15.9 Å². The summed E-state index contributed by atoms with van der Waals surface area (Å²) >= 11 is 3.29. The van der Waals surface area contributed by atoms with Crippen LogP contribution < -0.4 is 10.2 Å². The molecule has 1 aromatic heterocycles. The number of nitrogens with one attached hydrogen (secondary N) is 1. The maximum atomic E-state index is 13.0. The summed E-state index contributed by atoms with van der Waals surface area (Å²) in [4.78, 5) is 39.0. The van der Waals surface area contributed by atoms with E-state index < -0.39 is 24.1 Å². The fraction of sp³-hybridized carbons (Fsp3) is 0.0370. The van der Waals surface area contributed by atoms with Gasteiger partial charge in [-0.25, -0.2) is 0 Å². The first-order valence-corrected chi connectivity index (χ1v) is 11.4. The maximum Gasteiger partial charge on any atom is 0.299 e. The Morgan fingerprint density at radius 3 is 2.29 bits per heavy atom. The average Bonchev–Trinajstić information content (AvgIpc) is 3.35. The third kappa shape index (κ3) is 4.03. The number of anilines is 2. The summed E-state index contributed by atoms with van der Waals surface area (Å²) in [6.45, 7) is -0.411.